The summed E-state index contributed by atoms with van der Waals surface area (Å²) in [6.07, 6.45) is 7.52. The van der Waals surface area contributed by atoms with Gasteiger partial charge in [0.1, 0.15) is 5.54 Å². The van der Waals surface area contributed by atoms with Gasteiger partial charge >= 0.3 is 0 Å². The van der Waals surface area contributed by atoms with Crippen LogP contribution < -0.4 is 11.3 Å². The maximum absolute atomic E-state index is 12.8. The van der Waals surface area contributed by atoms with Crippen molar-refractivity contribution < 1.29 is 9.59 Å². The summed E-state index contributed by atoms with van der Waals surface area (Å²) in [7, 11) is 0. The van der Waals surface area contributed by atoms with Crippen molar-refractivity contribution in [3.63, 3.8) is 0 Å². The highest BCUT2D eigenvalue weighted by atomic mass is 32.1. The Bertz CT molecular complexity index is 1140. The molecule has 2 aromatic rings. The van der Waals surface area contributed by atoms with Crippen LogP contribution in [0, 0.1) is 4.77 Å². The summed E-state index contributed by atoms with van der Waals surface area (Å²) in [6, 6.07) is 7.37. The molecule has 0 unspecified atom stereocenters. The third-order valence-corrected chi connectivity index (χ3v) is 7.85. The molecule has 2 saturated heterocycles. The number of hydrogen-bond donors (Lipinski definition) is 2. The first-order chi connectivity index (χ1) is 16.4. The Labute approximate surface area is 205 Å². The third kappa shape index (κ3) is 5.10. The molecule has 0 spiro atoms. The van der Waals surface area contributed by atoms with Crippen molar-refractivity contribution >= 4 is 34.9 Å². The number of H-pyrrole nitrogens is 1. The Hall–Kier alpha value is -2.52. The number of nitrogens with one attached hydrogen (secondary N) is 1. The molecule has 2 aliphatic heterocycles. The van der Waals surface area contributed by atoms with Crippen molar-refractivity contribution in [2.24, 2.45) is 5.73 Å². The van der Waals surface area contributed by atoms with Crippen LogP contribution in [0.25, 0.3) is 10.9 Å². The molecule has 1 aromatic heterocycles. The Morgan fingerprint density at radius 1 is 1.00 bits per heavy atom. The topological polar surface area (TPSA) is 104 Å². The lowest BCUT2D eigenvalue weighted by atomic mass is 9.83. The van der Waals surface area contributed by atoms with E-state index in [1.165, 1.54) is 6.42 Å². The van der Waals surface area contributed by atoms with E-state index in [4.69, 9.17) is 18.0 Å². The molecular formula is C25H35N5O3S. The van der Waals surface area contributed by atoms with Crippen LogP contribution in [0.3, 0.4) is 0 Å². The number of likely N-dealkylation sites (tertiary alicyclic amines) is 2. The van der Waals surface area contributed by atoms with Gasteiger partial charge in [-0.1, -0.05) is 25.0 Å². The van der Waals surface area contributed by atoms with Crippen molar-refractivity contribution in [2.75, 3.05) is 26.2 Å². The second kappa shape index (κ2) is 10.8. The highest BCUT2D eigenvalue weighted by molar-refractivity contribution is 7.71. The lowest BCUT2D eigenvalue weighted by Crippen LogP contribution is -2.63. The van der Waals surface area contributed by atoms with Crippen molar-refractivity contribution in [2.45, 2.75) is 69.9 Å². The Balaban J connectivity index is 1.24. The number of piperidine rings is 2. The van der Waals surface area contributed by atoms with E-state index in [-0.39, 0.29) is 17.4 Å². The molecule has 0 bridgehead atoms. The van der Waals surface area contributed by atoms with E-state index < -0.39 is 5.54 Å². The largest absolute Gasteiger partial charge is 0.368 e. The molecule has 9 heteroatoms. The van der Waals surface area contributed by atoms with E-state index in [0.29, 0.717) is 49.1 Å². The number of rotatable bonds is 8. The number of aromatic amines is 1. The molecule has 2 aliphatic rings. The number of amides is 2. The molecular weight excluding hydrogens is 450 g/mol. The van der Waals surface area contributed by atoms with Gasteiger partial charge in [-0.3, -0.25) is 23.9 Å². The van der Waals surface area contributed by atoms with Gasteiger partial charge in [-0.15, -0.1) is 0 Å². The average molecular weight is 486 g/mol. The fraction of sp³-hybridized carbons (Fsp3) is 0.600. The number of unbranched alkanes of at least 4 members (excludes halogenated alkanes) is 2. The molecule has 2 amide bonds. The Kier molecular flexibility index (Phi) is 7.83. The molecule has 34 heavy (non-hydrogen) atoms. The van der Waals surface area contributed by atoms with Gasteiger partial charge in [0.15, 0.2) is 4.77 Å². The van der Waals surface area contributed by atoms with Crippen molar-refractivity contribution in [1.82, 2.24) is 19.4 Å². The second-order valence-electron chi connectivity index (χ2n) is 9.57. The summed E-state index contributed by atoms with van der Waals surface area (Å²) in [5.74, 6) is -0.110. The lowest BCUT2D eigenvalue weighted by Gasteiger charge is -2.48. The molecule has 2 fully saturated rings. The zero-order chi connectivity index (χ0) is 24.1. The molecule has 3 N–H and O–H groups in total. The number of primary amides is 1. The quantitative estimate of drug-likeness (QED) is 0.442. The molecule has 0 aliphatic carbocycles. The zero-order valence-corrected chi connectivity index (χ0v) is 20.6. The standard InChI is InChI=1S/C25H35N5O3S/c26-23(33)25(29-14-6-2-7-15-29)12-17-28(18-13-25)21(31)11-3-1-8-16-30-22(32)19-9-4-5-10-20(19)27-24(30)34/h4-5,9-10H,1-3,6-8,11-18H2,(H2,26,33)(H,27,34). The average Bonchev–Trinajstić information content (AvgIpc) is 2.86. The molecule has 184 valence electrons. The van der Waals surface area contributed by atoms with Crippen LogP contribution in [-0.4, -0.2) is 62.9 Å². The van der Waals surface area contributed by atoms with Crippen LogP contribution in [0.15, 0.2) is 29.1 Å². The van der Waals surface area contributed by atoms with Gasteiger partial charge in [-0.2, -0.15) is 0 Å². The minimum absolute atomic E-state index is 0.0737. The second-order valence-corrected chi connectivity index (χ2v) is 9.95. The number of benzene rings is 1. The fourth-order valence-electron chi connectivity index (χ4n) is 5.45. The smallest absolute Gasteiger partial charge is 0.262 e. The van der Waals surface area contributed by atoms with E-state index in [0.717, 1.165) is 50.7 Å². The predicted octanol–water partition coefficient (Wildman–Crippen LogP) is 2.95. The maximum Gasteiger partial charge on any atom is 0.262 e. The molecule has 8 nitrogen and oxygen atoms in total. The predicted molar refractivity (Wildman–Crippen MR) is 135 cm³/mol. The normalized spacial score (nSPS) is 18.8. The van der Waals surface area contributed by atoms with Gasteiger partial charge in [0.25, 0.3) is 5.56 Å². The summed E-state index contributed by atoms with van der Waals surface area (Å²) in [5.41, 5.74) is 5.93. The van der Waals surface area contributed by atoms with Gasteiger partial charge in [-0.05, 0) is 76.0 Å². The van der Waals surface area contributed by atoms with Crippen LogP contribution in [0.5, 0.6) is 0 Å². The number of aromatic nitrogens is 2. The first-order valence-electron chi connectivity index (χ1n) is 12.5. The number of hydrogen-bond acceptors (Lipinski definition) is 5. The van der Waals surface area contributed by atoms with Crippen LogP contribution in [-0.2, 0) is 16.1 Å². The molecule has 0 radical (unpaired) electrons. The lowest BCUT2D eigenvalue weighted by molar-refractivity contribution is -0.142. The summed E-state index contributed by atoms with van der Waals surface area (Å²) in [4.78, 5) is 45.1. The van der Waals surface area contributed by atoms with Gasteiger partial charge in [-0.25, -0.2) is 0 Å². The minimum Gasteiger partial charge on any atom is -0.368 e. The van der Waals surface area contributed by atoms with Gasteiger partial charge in [0.2, 0.25) is 11.8 Å². The third-order valence-electron chi connectivity index (χ3n) is 7.53. The molecule has 1 aromatic carbocycles. The van der Waals surface area contributed by atoms with Gasteiger partial charge < -0.3 is 15.6 Å². The van der Waals surface area contributed by atoms with Crippen LogP contribution >= 0.6 is 12.2 Å². The van der Waals surface area contributed by atoms with Crippen LogP contribution in [0.4, 0.5) is 0 Å². The van der Waals surface area contributed by atoms with Gasteiger partial charge in [0.05, 0.1) is 10.9 Å². The minimum atomic E-state index is -0.594. The molecule has 4 rings (SSSR count). The first kappa shape index (κ1) is 24.6. The van der Waals surface area contributed by atoms with Crippen molar-refractivity contribution in [3.05, 3.63) is 39.4 Å². The first-order valence-corrected chi connectivity index (χ1v) is 12.9. The highest BCUT2D eigenvalue weighted by Crippen LogP contribution is 2.31. The van der Waals surface area contributed by atoms with Crippen LogP contribution in [0.1, 0.15) is 57.8 Å². The number of nitrogens with zero attached hydrogens (tertiary/aromatic N) is 3. The number of nitrogens with two attached hydrogens (primary N) is 1. The molecule has 3 heterocycles. The Morgan fingerprint density at radius 2 is 1.71 bits per heavy atom. The highest BCUT2D eigenvalue weighted by Gasteiger charge is 2.45. The van der Waals surface area contributed by atoms with E-state index in [1.807, 2.05) is 23.1 Å². The SMILES string of the molecule is NC(=O)C1(N2CCCCC2)CCN(C(=O)CCCCCn2c(=S)[nH]c3ccccc3c2=O)CC1. The zero-order valence-electron chi connectivity index (χ0n) is 19.8. The van der Waals surface area contributed by atoms with E-state index in [1.54, 1.807) is 10.6 Å². The summed E-state index contributed by atoms with van der Waals surface area (Å²) in [5, 5.41) is 0.632. The molecule has 0 saturated carbocycles. The van der Waals surface area contributed by atoms with Crippen molar-refractivity contribution in [1.29, 1.82) is 0 Å². The van der Waals surface area contributed by atoms with Gasteiger partial charge in [0, 0.05) is 26.1 Å². The number of carbonyl (C=O) groups excluding carboxylic acids is 2. The molecule has 0 atom stereocenters. The number of fused-ring (bicyclic) bond motifs is 1. The monoisotopic (exact) mass is 485 g/mol. The van der Waals surface area contributed by atoms with E-state index >= 15 is 0 Å². The summed E-state index contributed by atoms with van der Waals surface area (Å²) < 4.78 is 2.04. The van der Waals surface area contributed by atoms with E-state index in [9.17, 15) is 14.4 Å². The van der Waals surface area contributed by atoms with E-state index in [2.05, 4.69) is 9.88 Å². The van der Waals surface area contributed by atoms with Crippen LogP contribution in [0.2, 0.25) is 0 Å². The number of para-hydroxylation sites is 1. The summed E-state index contributed by atoms with van der Waals surface area (Å²) in [6.45, 7) is 3.54. The fourth-order valence-corrected chi connectivity index (χ4v) is 5.73. The maximum atomic E-state index is 12.8. The number of carbonyl (C=O) groups is 2. The summed E-state index contributed by atoms with van der Waals surface area (Å²) >= 11 is 5.37. The Morgan fingerprint density at radius 3 is 2.41 bits per heavy atom. The van der Waals surface area contributed by atoms with Crippen molar-refractivity contribution in [3.8, 4) is 0 Å².